The fourth-order valence-corrected chi connectivity index (χ4v) is 4.35. The van der Waals surface area contributed by atoms with E-state index in [-0.39, 0.29) is 48.8 Å². The average Bonchev–Trinajstić information content (AvgIpc) is 3.32. The molecule has 3 N–H and O–H groups in total. The summed E-state index contributed by atoms with van der Waals surface area (Å²) in [6, 6.07) is 6.54. The highest BCUT2D eigenvalue weighted by Gasteiger charge is 2.23. The van der Waals surface area contributed by atoms with Gasteiger partial charge in [-0.15, -0.1) is 36.2 Å². The Morgan fingerprint density at radius 2 is 2.00 bits per heavy atom. The summed E-state index contributed by atoms with van der Waals surface area (Å²) in [7, 11) is 0. The van der Waals surface area contributed by atoms with E-state index in [9.17, 15) is 4.79 Å². The topological polar surface area (TPSA) is 85.8 Å². The number of nitrogens with one attached hydrogen (secondary N) is 1. The number of nitrogens with zero attached hydrogens (tertiary/aromatic N) is 3. The number of hydrogen-bond donors (Lipinski definition) is 2. The van der Waals surface area contributed by atoms with Crippen molar-refractivity contribution in [2.24, 2.45) is 5.73 Å². The van der Waals surface area contributed by atoms with Crippen LogP contribution in [0.1, 0.15) is 55.9 Å². The monoisotopic (exact) mass is 455 g/mol. The second-order valence-electron chi connectivity index (χ2n) is 7.54. The molecule has 0 unspecified atom stereocenters. The Hall–Kier alpha value is -1.67. The van der Waals surface area contributed by atoms with Gasteiger partial charge in [0.2, 0.25) is 0 Å². The van der Waals surface area contributed by atoms with Gasteiger partial charge in [0.05, 0.1) is 27.7 Å². The molecule has 0 radical (unpaired) electrons. The predicted molar refractivity (Wildman–Crippen MR) is 123 cm³/mol. The maximum absolute atomic E-state index is 13.1. The number of hydrogen-bond acceptors (Lipinski definition) is 5. The zero-order valence-corrected chi connectivity index (χ0v) is 18.9. The molecule has 1 amide bonds. The Labute approximate surface area is 187 Å². The van der Waals surface area contributed by atoms with E-state index in [2.05, 4.69) is 24.3 Å². The summed E-state index contributed by atoms with van der Waals surface area (Å²) in [5.74, 6) is -0.0519. The highest BCUT2D eigenvalue weighted by Crippen LogP contribution is 2.29. The first-order valence-electron chi connectivity index (χ1n) is 9.51. The van der Waals surface area contributed by atoms with Gasteiger partial charge >= 0.3 is 0 Å². The van der Waals surface area contributed by atoms with Crippen molar-refractivity contribution in [3.05, 3.63) is 35.3 Å². The van der Waals surface area contributed by atoms with Gasteiger partial charge in [-0.05, 0) is 57.0 Å². The lowest BCUT2D eigenvalue weighted by atomic mass is 9.91. The van der Waals surface area contributed by atoms with E-state index in [1.54, 1.807) is 17.5 Å². The van der Waals surface area contributed by atoms with E-state index in [0.29, 0.717) is 5.56 Å². The molecule has 0 bridgehead atoms. The zero-order chi connectivity index (χ0) is 19.0. The Balaban J connectivity index is 0.00000150. The predicted octanol–water partition coefficient (Wildman–Crippen LogP) is 4.58. The number of fused-ring (bicyclic) bond motifs is 1. The third-order valence-electron chi connectivity index (χ3n) is 5.18. The maximum atomic E-state index is 13.1. The summed E-state index contributed by atoms with van der Waals surface area (Å²) in [6.07, 6.45) is 5.55. The lowest BCUT2D eigenvalue weighted by Gasteiger charge is -2.26. The summed E-state index contributed by atoms with van der Waals surface area (Å²) in [6.45, 7) is 4.13. The second kappa shape index (κ2) is 9.89. The van der Waals surface area contributed by atoms with Gasteiger partial charge in [0.15, 0.2) is 5.65 Å². The van der Waals surface area contributed by atoms with Crippen molar-refractivity contribution in [1.29, 1.82) is 0 Å². The van der Waals surface area contributed by atoms with Crippen molar-refractivity contribution in [2.45, 2.75) is 57.7 Å². The molecule has 1 aliphatic rings. The molecule has 6 nitrogen and oxygen atoms in total. The average molecular weight is 456 g/mol. The number of aromatic nitrogens is 3. The van der Waals surface area contributed by atoms with Crippen LogP contribution in [0.3, 0.4) is 0 Å². The van der Waals surface area contributed by atoms with Crippen molar-refractivity contribution in [1.82, 2.24) is 20.1 Å². The Morgan fingerprint density at radius 1 is 1.28 bits per heavy atom. The number of rotatable bonds is 4. The molecule has 0 saturated heterocycles. The van der Waals surface area contributed by atoms with Crippen molar-refractivity contribution >= 4 is 53.1 Å². The van der Waals surface area contributed by atoms with Crippen LogP contribution in [0.5, 0.6) is 0 Å². The van der Waals surface area contributed by atoms with Crippen LogP contribution in [-0.2, 0) is 0 Å². The molecule has 0 aliphatic heterocycles. The van der Waals surface area contributed by atoms with Crippen LogP contribution in [-0.4, -0.2) is 32.8 Å². The van der Waals surface area contributed by atoms with Crippen molar-refractivity contribution in [3.8, 4) is 10.6 Å². The summed E-state index contributed by atoms with van der Waals surface area (Å²) >= 11 is 1.62. The third-order valence-corrected chi connectivity index (χ3v) is 6.07. The molecule has 0 aromatic carbocycles. The number of thiophene rings is 1. The number of pyridine rings is 1. The molecule has 3 aromatic rings. The maximum Gasteiger partial charge on any atom is 0.252 e. The molecule has 0 spiro atoms. The van der Waals surface area contributed by atoms with E-state index in [1.807, 2.05) is 28.3 Å². The van der Waals surface area contributed by atoms with Gasteiger partial charge < -0.3 is 11.1 Å². The number of carbonyl (C=O) groups is 1. The summed E-state index contributed by atoms with van der Waals surface area (Å²) < 4.78 is 1.88. The van der Waals surface area contributed by atoms with Gasteiger partial charge in [0.1, 0.15) is 0 Å². The van der Waals surface area contributed by atoms with Crippen LogP contribution in [0.15, 0.2) is 29.8 Å². The normalized spacial score (nSPS) is 18.9. The van der Waals surface area contributed by atoms with Crippen LogP contribution in [0.2, 0.25) is 0 Å². The number of halogens is 2. The van der Waals surface area contributed by atoms with E-state index in [1.165, 1.54) is 0 Å². The molecule has 9 heteroatoms. The minimum absolute atomic E-state index is 0. The molecule has 3 heterocycles. The van der Waals surface area contributed by atoms with E-state index in [4.69, 9.17) is 10.7 Å². The van der Waals surface area contributed by atoms with Gasteiger partial charge in [-0.3, -0.25) is 4.79 Å². The molecule has 1 fully saturated rings. The first-order valence-corrected chi connectivity index (χ1v) is 10.4. The van der Waals surface area contributed by atoms with Crippen molar-refractivity contribution in [2.75, 3.05) is 0 Å². The molecular formula is C20H27Cl2N5OS. The fourth-order valence-electron chi connectivity index (χ4n) is 3.66. The molecular weight excluding hydrogens is 429 g/mol. The van der Waals surface area contributed by atoms with Crippen molar-refractivity contribution in [3.63, 3.8) is 0 Å². The molecule has 29 heavy (non-hydrogen) atoms. The van der Waals surface area contributed by atoms with E-state index < -0.39 is 0 Å². The van der Waals surface area contributed by atoms with Crippen molar-refractivity contribution < 1.29 is 4.79 Å². The lowest BCUT2D eigenvalue weighted by molar-refractivity contribution is 0.0927. The quantitative estimate of drug-likeness (QED) is 0.602. The largest absolute Gasteiger partial charge is 0.349 e. The highest BCUT2D eigenvalue weighted by molar-refractivity contribution is 7.13. The van der Waals surface area contributed by atoms with Crippen LogP contribution in [0, 0.1) is 0 Å². The minimum Gasteiger partial charge on any atom is -0.349 e. The Kier molecular flexibility index (Phi) is 8.05. The highest BCUT2D eigenvalue weighted by atomic mass is 35.5. The van der Waals surface area contributed by atoms with Gasteiger partial charge in [-0.25, -0.2) is 9.67 Å². The van der Waals surface area contributed by atoms with Crippen LogP contribution in [0.4, 0.5) is 0 Å². The van der Waals surface area contributed by atoms with Gasteiger partial charge in [0.25, 0.3) is 5.91 Å². The van der Waals surface area contributed by atoms with Crippen LogP contribution < -0.4 is 11.1 Å². The molecule has 0 atom stereocenters. The smallest absolute Gasteiger partial charge is 0.252 e. The first-order chi connectivity index (χ1) is 13.0. The molecule has 158 valence electrons. The Morgan fingerprint density at radius 3 is 2.62 bits per heavy atom. The van der Waals surface area contributed by atoms with Crippen LogP contribution >= 0.6 is 36.2 Å². The molecule has 3 aromatic heterocycles. The Bertz CT molecular complexity index is 949. The third kappa shape index (κ3) is 4.91. The first kappa shape index (κ1) is 23.6. The van der Waals surface area contributed by atoms with Crippen LogP contribution in [0.25, 0.3) is 21.6 Å². The number of amides is 1. The molecule has 4 rings (SSSR count). The van der Waals surface area contributed by atoms with Gasteiger partial charge in [0, 0.05) is 18.1 Å². The van der Waals surface area contributed by atoms with Gasteiger partial charge in [-0.2, -0.15) is 5.10 Å². The zero-order valence-electron chi connectivity index (χ0n) is 16.5. The second-order valence-corrected chi connectivity index (χ2v) is 8.49. The molecule has 1 aliphatic carbocycles. The summed E-state index contributed by atoms with van der Waals surface area (Å²) in [5.41, 5.74) is 8.20. The SMILES string of the molecule is CC(C)n1ncc2c(C(=O)NC3CCC(N)CC3)cc(-c3cccs3)nc21.Cl.Cl. The fraction of sp³-hybridized carbons (Fsp3) is 0.450. The van der Waals surface area contributed by atoms with E-state index >= 15 is 0 Å². The molecule has 1 saturated carbocycles. The lowest BCUT2D eigenvalue weighted by Crippen LogP contribution is -2.40. The summed E-state index contributed by atoms with van der Waals surface area (Å²) in [4.78, 5) is 19.0. The number of carbonyl (C=O) groups excluding carboxylic acids is 1. The van der Waals surface area contributed by atoms with E-state index in [0.717, 1.165) is 47.3 Å². The standard InChI is InChI=1S/C20H25N5OS.2ClH/c1-12(2)25-19-16(11-22-25)15(10-17(24-19)18-4-3-9-27-18)20(26)23-14-7-5-13(21)6-8-14;;/h3-4,9-14H,5-8,21H2,1-2H3,(H,23,26);2*1H. The number of nitrogens with two attached hydrogens (primary N) is 1. The summed E-state index contributed by atoms with van der Waals surface area (Å²) in [5, 5.41) is 10.5. The van der Waals surface area contributed by atoms with Gasteiger partial charge in [-0.1, -0.05) is 6.07 Å². The minimum atomic E-state index is -0.0519.